The van der Waals surface area contributed by atoms with Crippen LogP contribution in [0.25, 0.3) is 0 Å². The van der Waals surface area contributed by atoms with E-state index in [1.165, 1.54) is 25.7 Å². The first-order valence-corrected chi connectivity index (χ1v) is 8.87. The third kappa shape index (κ3) is 3.02. The number of carboxylic acids is 1. The Balaban J connectivity index is 1.69. The van der Waals surface area contributed by atoms with E-state index in [1.807, 2.05) is 6.92 Å². The molecule has 1 saturated carbocycles. The van der Waals surface area contributed by atoms with E-state index in [-0.39, 0.29) is 11.8 Å². The molecule has 2 fully saturated rings. The Morgan fingerprint density at radius 1 is 1.18 bits per heavy atom. The summed E-state index contributed by atoms with van der Waals surface area (Å²) < 4.78 is 0. The van der Waals surface area contributed by atoms with Gasteiger partial charge in [-0.25, -0.2) is 4.98 Å². The molecule has 1 amide bonds. The molecule has 1 aliphatic carbocycles. The van der Waals surface area contributed by atoms with Crippen LogP contribution in [0.5, 0.6) is 0 Å². The predicted octanol–water partition coefficient (Wildman–Crippen LogP) is 3.05. The van der Waals surface area contributed by atoms with Crippen LogP contribution < -0.4 is 0 Å². The van der Waals surface area contributed by atoms with E-state index in [2.05, 4.69) is 4.98 Å². The topological polar surface area (TPSA) is 70.5 Å². The number of aromatic nitrogens is 1. The zero-order chi connectivity index (χ0) is 15.7. The lowest BCUT2D eigenvalue weighted by atomic mass is 9.97. The maximum Gasteiger partial charge on any atom is 0.306 e. The van der Waals surface area contributed by atoms with Crippen LogP contribution in [0.2, 0.25) is 0 Å². The second-order valence-electron chi connectivity index (χ2n) is 6.35. The van der Waals surface area contributed by atoms with Crippen molar-refractivity contribution in [3.63, 3.8) is 0 Å². The highest BCUT2D eigenvalue weighted by atomic mass is 32.1. The fraction of sp³-hybridized carbons (Fsp3) is 0.688. The van der Waals surface area contributed by atoms with Crippen LogP contribution >= 0.6 is 11.3 Å². The van der Waals surface area contributed by atoms with Crippen molar-refractivity contribution in [2.75, 3.05) is 13.1 Å². The van der Waals surface area contributed by atoms with Gasteiger partial charge in [0.1, 0.15) is 4.88 Å². The van der Waals surface area contributed by atoms with Crippen molar-refractivity contribution in [1.29, 1.82) is 0 Å². The largest absolute Gasteiger partial charge is 0.481 e. The lowest BCUT2D eigenvalue weighted by Crippen LogP contribution is -2.40. The molecule has 1 aromatic heterocycles. The fourth-order valence-electron chi connectivity index (χ4n) is 3.44. The summed E-state index contributed by atoms with van der Waals surface area (Å²) in [5.74, 6) is -0.490. The van der Waals surface area contributed by atoms with Gasteiger partial charge in [0.05, 0.1) is 16.6 Å². The van der Waals surface area contributed by atoms with E-state index in [0.29, 0.717) is 31.8 Å². The van der Waals surface area contributed by atoms with Gasteiger partial charge in [-0.05, 0) is 32.6 Å². The molecule has 0 spiro atoms. The van der Waals surface area contributed by atoms with Gasteiger partial charge in [-0.2, -0.15) is 0 Å². The van der Waals surface area contributed by atoms with Crippen LogP contribution in [-0.2, 0) is 4.79 Å². The number of rotatable bonds is 3. The van der Waals surface area contributed by atoms with Crippen LogP contribution in [0, 0.1) is 12.8 Å². The second-order valence-corrected chi connectivity index (χ2v) is 7.38. The molecule has 22 heavy (non-hydrogen) atoms. The Kier molecular flexibility index (Phi) is 4.47. The van der Waals surface area contributed by atoms with Crippen molar-refractivity contribution in [2.45, 2.75) is 51.4 Å². The normalized spacial score (nSPS) is 20.5. The number of aliphatic carboxylic acids is 1. The highest BCUT2D eigenvalue weighted by Crippen LogP contribution is 2.37. The summed E-state index contributed by atoms with van der Waals surface area (Å²) in [7, 11) is 0. The minimum Gasteiger partial charge on any atom is -0.481 e. The number of piperidine rings is 1. The molecule has 0 radical (unpaired) electrons. The lowest BCUT2D eigenvalue weighted by molar-refractivity contribution is -0.143. The molecule has 0 atom stereocenters. The molecule has 1 saturated heterocycles. The molecule has 2 aliphatic rings. The number of carbonyl (C=O) groups is 2. The number of hydrogen-bond acceptors (Lipinski definition) is 4. The first kappa shape index (κ1) is 15.5. The van der Waals surface area contributed by atoms with Gasteiger partial charge in [0.2, 0.25) is 0 Å². The van der Waals surface area contributed by atoms with Gasteiger partial charge in [0.15, 0.2) is 0 Å². The molecule has 1 aromatic rings. The van der Waals surface area contributed by atoms with Crippen molar-refractivity contribution in [3.05, 3.63) is 15.6 Å². The molecular weight excluding hydrogens is 300 g/mol. The predicted molar refractivity (Wildman–Crippen MR) is 84.3 cm³/mol. The minimum absolute atomic E-state index is 0.0306. The monoisotopic (exact) mass is 322 g/mol. The highest BCUT2D eigenvalue weighted by molar-refractivity contribution is 7.13. The SMILES string of the molecule is Cc1nc(C2CCCC2)sc1C(=O)N1CCC(C(=O)O)CC1. The quantitative estimate of drug-likeness (QED) is 0.928. The highest BCUT2D eigenvalue weighted by Gasteiger charge is 2.30. The molecule has 0 aromatic carbocycles. The van der Waals surface area contributed by atoms with Crippen molar-refractivity contribution >= 4 is 23.2 Å². The summed E-state index contributed by atoms with van der Waals surface area (Å²) >= 11 is 1.55. The average molecular weight is 322 g/mol. The number of carboxylic acid groups (broad SMARTS) is 1. The number of hydrogen-bond donors (Lipinski definition) is 1. The van der Waals surface area contributed by atoms with Crippen molar-refractivity contribution < 1.29 is 14.7 Å². The minimum atomic E-state index is -0.746. The van der Waals surface area contributed by atoms with Crippen molar-refractivity contribution in [2.24, 2.45) is 5.92 Å². The Labute approximate surface area is 134 Å². The Hall–Kier alpha value is -1.43. The second kappa shape index (κ2) is 6.36. The van der Waals surface area contributed by atoms with E-state index < -0.39 is 5.97 Å². The van der Waals surface area contributed by atoms with Gasteiger partial charge in [0, 0.05) is 19.0 Å². The van der Waals surface area contributed by atoms with Gasteiger partial charge >= 0.3 is 5.97 Å². The third-order valence-corrected chi connectivity index (χ3v) is 6.15. The summed E-state index contributed by atoms with van der Waals surface area (Å²) in [5, 5.41) is 10.1. The lowest BCUT2D eigenvalue weighted by Gasteiger charge is -2.29. The van der Waals surface area contributed by atoms with Gasteiger partial charge in [0.25, 0.3) is 5.91 Å². The summed E-state index contributed by atoms with van der Waals surface area (Å²) in [6.45, 7) is 2.98. The number of amides is 1. The first-order chi connectivity index (χ1) is 10.6. The zero-order valence-electron chi connectivity index (χ0n) is 12.9. The van der Waals surface area contributed by atoms with Crippen LogP contribution in [0.3, 0.4) is 0 Å². The van der Waals surface area contributed by atoms with E-state index in [9.17, 15) is 9.59 Å². The summed E-state index contributed by atoms with van der Waals surface area (Å²) in [5.41, 5.74) is 0.831. The zero-order valence-corrected chi connectivity index (χ0v) is 13.7. The molecule has 120 valence electrons. The Bertz CT molecular complexity index is 570. The fourth-order valence-corrected chi connectivity index (χ4v) is 4.64. The van der Waals surface area contributed by atoms with Crippen LogP contribution in [-0.4, -0.2) is 40.0 Å². The molecule has 0 unspecified atom stereocenters. The summed E-state index contributed by atoms with van der Waals surface area (Å²) in [6.07, 6.45) is 5.99. The Morgan fingerprint density at radius 3 is 2.41 bits per heavy atom. The van der Waals surface area contributed by atoms with Crippen molar-refractivity contribution in [1.82, 2.24) is 9.88 Å². The average Bonchev–Trinajstić information content (AvgIpc) is 3.16. The molecule has 2 heterocycles. The number of nitrogens with zero attached hydrogens (tertiary/aromatic N) is 2. The number of carbonyl (C=O) groups excluding carboxylic acids is 1. The molecule has 1 aliphatic heterocycles. The molecule has 3 rings (SSSR count). The molecule has 6 heteroatoms. The molecule has 0 bridgehead atoms. The number of likely N-dealkylation sites (tertiary alicyclic amines) is 1. The van der Waals surface area contributed by atoms with Gasteiger partial charge in [-0.1, -0.05) is 12.8 Å². The standard InChI is InChI=1S/C16H22N2O3S/c1-10-13(22-14(17-10)11-4-2-3-5-11)15(19)18-8-6-12(7-9-18)16(20)21/h11-12H,2-9H2,1H3,(H,20,21). The first-order valence-electron chi connectivity index (χ1n) is 8.05. The van der Waals surface area contributed by atoms with Crippen molar-refractivity contribution in [3.8, 4) is 0 Å². The number of aryl methyl sites for hydroxylation is 1. The third-order valence-electron chi connectivity index (χ3n) is 4.84. The van der Waals surface area contributed by atoms with E-state index in [0.717, 1.165) is 15.6 Å². The Morgan fingerprint density at radius 2 is 1.82 bits per heavy atom. The van der Waals surface area contributed by atoms with Crippen LogP contribution in [0.1, 0.15) is 64.8 Å². The van der Waals surface area contributed by atoms with E-state index in [1.54, 1.807) is 16.2 Å². The molecule has 5 nitrogen and oxygen atoms in total. The van der Waals surface area contributed by atoms with Crippen LogP contribution in [0.15, 0.2) is 0 Å². The number of thiazole rings is 1. The van der Waals surface area contributed by atoms with Gasteiger partial charge < -0.3 is 10.0 Å². The maximum absolute atomic E-state index is 12.7. The molecular formula is C16H22N2O3S. The van der Waals surface area contributed by atoms with Gasteiger partial charge in [-0.3, -0.25) is 9.59 Å². The van der Waals surface area contributed by atoms with E-state index in [4.69, 9.17) is 5.11 Å². The summed E-state index contributed by atoms with van der Waals surface area (Å²) in [4.78, 5) is 30.8. The van der Waals surface area contributed by atoms with Gasteiger partial charge in [-0.15, -0.1) is 11.3 Å². The summed E-state index contributed by atoms with van der Waals surface area (Å²) in [6, 6.07) is 0. The molecule has 1 N–H and O–H groups in total. The van der Waals surface area contributed by atoms with E-state index >= 15 is 0 Å². The maximum atomic E-state index is 12.7. The smallest absolute Gasteiger partial charge is 0.306 e. The van der Waals surface area contributed by atoms with Crippen LogP contribution in [0.4, 0.5) is 0 Å².